The molecule has 0 amide bonds. The summed E-state index contributed by atoms with van der Waals surface area (Å²) in [6.45, 7) is 6.72. The summed E-state index contributed by atoms with van der Waals surface area (Å²) in [5.41, 5.74) is 2.54. The van der Waals surface area contributed by atoms with Gasteiger partial charge in [-0.15, -0.1) is 0 Å². The van der Waals surface area contributed by atoms with Gasteiger partial charge in [0.25, 0.3) is 0 Å². The maximum Gasteiger partial charge on any atom is 0.112 e. The molecule has 0 aromatic heterocycles. The van der Waals surface area contributed by atoms with Crippen LogP contribution in [0, 0.1) is 0 Å². The normalized spacial score (nSPS) is 16.7. The van der Waals surface area contributed by atoms with E-state index in [1.807, 2.05) is 0 Å². The van der Waals surface area contributed by atoms with Crippen LogP contribution in [0.5, 0.6) is 0 Å². The van der Waals surface area contributed by atoms with E-state index in [1.165, 1.54) is 21.7 Å². The van der Waals surface area contributed by atoms with Crippen LogP contribution in [-0.2, 0) is 0 Å². The molecule has 0 atom stereocenters. The van der Waals surface area contributed by atoms with Crippen molar-refractivity contribution in [2.75, 3.05) is 37.2 Å². The van der Waals surface area contributed by atoms with Crippen molar-refractivity contribution in [1.29, 1.82) is 0 Å². The predicted octanol–water partition coefficient (Wildman–Crippen LogP) is 2.87. The summed E-state index contributed by atoms with van der Waals surface area (Å²) in [6.07, 6.45) is 8.56. The van der Waals surface area contributed by atoms with Gasteiger partial charge in [0.2, 0.25) is 0 Å². The number of hydrogen-bond acceptors (Lipinski definition) is 4. The zero-order chi connectivity index (χ0) is 19.0. The maximum absolute atomic E-state index is 2.45. The third-order valence-corrected chi connectivity index (χ3v) is 9.06. The lowest BCUT2D eigenvalue weighted by molar-refractivity contribution is 0.496. The maximum atomic E-state index is 2.45. The van der Waals surface area contributed by atoms with Gasteiger partial charge >= 0.3 is 0 Å². The minimum absolute atomic E-state index is 0.912. The molecule has 2 aliphatic rings. The van der Waals surface area contributed by atoms with Gasteiger partial charge in [0, 0.05) is 50.3 Å². The summed E-state index contributed by atoms with van der Waals surface area (Å²) in [4.78, 5) is 8.99. The Balaban J connectivity index is 1.64. The predicted molar refractivity (Wildman–Crippen MR) is 118 cm³/mol. The molecule has 0 bridgehead atoms. The van der Waals surface area contributed by atoms with E-state index in [-0.39, 0.29) is 0 Å². The number of anilines is 2. The standard InChI is InChI=1S/C22H28N4Si/c1-23-11-13-25(17-23)19-7-5-9-21(15-19)27(3,4)22-10-6-8-20(16-22)26-14-12-24(2)18-26/h5-16H,17-18H2,1-4H3. The monoisotopic (exact) mass is 376 g/mol. The molecular weight excluding hydrogens is 348 g/mol. The molecule has 0 aliphatic carbocycles. The van der Waals surface area contributed by atoms with Gasteiger partial charge in [-0.3, -0.25) is 0 Å². The number of benzene rings is 2. The minimum atomic E-state index is -1.78. The molecule has 0 saturated carbocycles. The second kappa shape index (κ2) is 6.81. The SMILES string of the molecule is CN1C=CN(c2cccc([Si](C)(C)c3cccc(N4C=CN(C)C4)c3)c2)C1. The first-order valence-corrected chi connectivity index (χ1v) is 12.4. The van der Waals surface area contributed by atoms with E-state index in [0.717, 1.165) is 13.3 Å². The molecule has 2 aliphatic heterocycles. The molecule has 140 valence electrons. The number of nitrogens with zero attached hydrogens (tertiary/aromatic N) is 4. The van der Waals surface area contributed by atoms with E-state index in [2.05, 4.69) is 120 Å². The fourth-order valence-electron chi connectivity index (χ4n) is 3.71. The first-order valence-electron chi connectivity index (χ1n) is 9.45. The van der Waals surface area contributed by atoms with Crippen molar-refractivity contribution in [3.63, 3.8) is 0 Å². The smallest absolute Gasteiger partial charge is 0.112 e. The van der Waals surface area contributed by atoms with E-state index >= 15 is 0 Å². The van der Waals surface area contributed by atoms with Crippen LogP contribution >= 0.6 is 0 Å². The number of hydrogen-bond donors (Lipinski definition) is 0. The Hall–Kier alpha value is -2.66. The zero-order valence-corrected chi connectivity index (χ0v) is 17.6. The van der Waals surface area contributed by atoms with Crippen LogP contribution in [0.3, 0.4) is 0 Å². The molecule has 5 heteroatoms. The van der Waals surface area contributed by atoms with Crippen molar-refractivity contribution in [3.8, 4) is 0 Å². The van der Waals surface area contributed by atoms with Gasteiger partial charge < -0.3 is 19.6 Å². The first-order chi connectivity index (χ1) is 12.9. The Labute approximate surface area is 163 Å². The van der Waals surface area contributed by atoms with E-state index in [0.29, 0.717) is 0 Å². The molecular formula is C22H28N4Si. The average molecular weight is 377 g/mol. The molecule has 0 unspecified atom stereocenters. The third-order valence-electron chi connectivity index (χ3n) is 5.55. The van der Waals surface area contributed by atoms with E-state index in [9.17, 15) is 0 Å². The van der Waals surface area contributed by atoms with E-state index in [4.69, 9.17) is 0 Å². The lowest BCUT2D eigenvalue weighted by atomic mass is 10.3. The lowest BCUT2D eigenvalue weighted by Gasteiger charge is -2.27. The van der Waals surface area contributed by atoms with Gasteiger partial charge in [-0.05, 0) is 24.3 Å². The fourth-order valence-corrected chi connectivity index (χ4v) is 6.08. The van der Waals surface area contributed by atoms with Gasteiger partial charge in [-0.2, -0.15) is 0 Å². The Morgan fingerprint density at radius 2 is 1.11 bits per heavy atom. The average Bonchev–Trinajstić information content (AvgIpc) is 3.30. The molecule has 0 N–H and O–H groups in total. The first kappa shape index (κ1) is 17.7. The molecule has 0 fully saturated rings. The second-order valence-electron chi connectivity index (χ2n) is 8.06. The van der Waals surface area contributed by atoms with Crippen molar-refractivity contribution in [1.82, 2.24) is 9.80 Å². The highest BCUT2D eigenvalue weighted by molar-refractivity contribution is 7.00. The molecule has 2 heterocycles. The molecule has 27 heavy (non-hydrogen) atoms. The van der Waals surface area contributed by atoms with Crippen LogP contribution in [0.25, 0.3) is 0 Å². The molecule has 0 saturated heterocycles. The van der Waals surface area contributed by atoms with Crippen molar-refractivity contribution in [2.24, 2.45) is 0 Å². The summed E-state index contributed by atoms with van der Waals surface area (Å²) in [6, 6.07) is 18.2. The van der Waals surface area contributed by atoms with Crippen LogP contribution in [0.1, 0.15) is 0 Å². The Morgan fingerprint density at radius 1 is 0.667 bits per heavy atom. The quantitative estimate of drug-likeness (QED) is 0.761. The highest BCUT2D eigenvalue weighted by atomic mass is 28.3. The topological polar surface area (TPSA) is 13.0 Å². The molecule has 4 nitrogen and oxygen atoms in total. The summed E-state index contributed by atoms with van der Waals surface area (Å²) < 4.78 is 0. The zero-order valence-electron chi connectivity index (χ0n) is 16.6. The summed E-state index contributed by atoms with van der Waals surface area (Å²) >= 11 is 0. The summed E-state index contributed by atoms with van der Waals surface area (Å²) in [5.74, 6) is 0. The molecule has 4 rings (SSSR count). The third kappa shape index (κ3) is 3.47. The minimum Gasteiger partial charge on any atom is -0.361 e. The summed E-state index contributed by atoms with van der Waals surface area (Å²) in [5, 5.41) is 2.93. The van der Waals surface area contributed by atoms with Gasteiger partial charge in [0.15, 0.2) is 0 Å². The lowest BCUT2D eigenvalue weighted by Crippen LogP contribution is -2.53. The molecule has 2 aromatic rings. The largest absolute Gasteiger partial charge is 0.361 e. The van der Waals surface area contributed by atoms with E-state index in [1.54, 1.807) is 0 Å². The van der Waals surface area contributed by atoms with Crippen LogP contribution in [0.2, 0.25) is 13.1 Å². The summed E-state index contributed by atoms with van der Waals surface area (Å²) in [7, 11) is 2.43. The highest BCUT2D eigenvalue weighted by Crippen LogP contribution is 2.21. The second-order valence-corrected chi connectivity index (χ2v) is 12.5. The molecule has 0 spiro atoms. The Kier molecular flexibility index (Phi) is 4.48. The van der Waals surface area contributed by atoms with Crippen LogP contribution in [0.4, 0.5) is 11.4 Å². The van der Waals surface area contributed by atoms with Gasteiger partial charge in [0.1, 0.15) is 8.07 Å². The van der Waals surface area contributed by atoms with Crippen molar-refractivity contribution in [3.05, 3.63) is 73.3 Å². The highest BCUT2D eigenvalue weighted by Gasteiger charge is 2.27. The Bertz CT molecular complexity index is 818. The van der Waals surface area contributed by atoms with Crippen LogP contribution < -0.4 is 20.2 Å². The number of rotatable bonds is 4. The van der Waals surface area contributed by atoms with Crippen LogP contribution in [0.15, 0.2) is 73.3 Å². The van der Waals surface area contributed by atoms with Gasteiger partial charge in [-0.1, -0.05) is 47.7 Å². The molecule has 2 aromatic carbocycles. The van der Waals surface area contributed by atoms with Crippen LogP contribution in [-0.4, -0.2) is 45.3 Å². The van der Waals surface area contributed by atoms with Gasteiger partial charge in [0.05, 0.1) is 13.3 Å². The van der Waals surface area contributed by atoms with Gasteiger partial charge in [-0.25, -0.2) is 0 Å². The molecule has 0 radical (unpaired) electrons. The van der Waals surface area contributed by atoms with E-state index < -0.39 is 8.07 Å². The Morgan fingerprint density at radius 3 is 1.48 bits per heavy atom. The fraction of sp³-hybridized carbons (Fsp3) is 0.273. The van der Waals surface area contributed by atoms with Crippen molar-refractivity contribution in [2.45, 2.75) is 13.1 Å². The van der Waals surface area contributed by atoms with Crippen molar-refractivity contribution < 1.29 is 0 Å². The van der Waals surface area contributed by atoms with Crippen molar-refractivity contribution >= 4 is 29.8 Å².